The van der Waals surface area contributed by atoms with Crippen molar-refractivity contribution < 1.29 is 29.6 Å². The van der Waals surface area contributed by atoms with Crippen LogP contribution < -0.4 is 15.8 Å². The number of hydrogen-bond acceptors (Lipinski definition) is 9. The predicted octanol–water partition coefficient (Wildman–Crippen LogP) is 8.33. The van der Waals surface area contributed by atoms with Crippen molar-refractivity contribution >= 4 is 28.2 Å². The number of ether oxygens (including phenoxy) is 1. The van der Waals surface area contributed by atoms with Crippen molar-refractivity contribution in [2.75, 3.05) is 19.4 Å². The van der Waals surface area contributed by atoms with Crippen molar-refractivity contribution in [2.24, 2.45) is 23.2 Å². The molecule has 0 unspecified atom stereocenters. The molecule has 3 fully saturated rings. The number of nitrogens with two attached hydrogens (primary N) is 1. The summed E-state index contributed by atoms with van der Waals surface area (Å²) in [6.07, 6.45) is 10.6. The molecule has 322 valence electrons. The number of nitrogens with one attached hydrogen (secondary N) is 1. The molecule has 1 aromatic heterocycles. The Hall–Kier alpha value is -4.75. The molecular weight excluding hydrogens is 763 g/mol. The molecule has 0 radical (unpaired) electrons. The van der Waals surface area contributed by atoms with E-state index in [4.69, 9.17) is 10.5 Å². The number of phenolic OH excluding ortho intramolecular Hbond substituents is 1. The van der Waals surface area contributed by atoms with E-state index in [1.807, 2.05) is 30.5 Å². The number of Topliss-reactive ketones (excluding diaryl/α,β-unsaturated/α-hetero) is 2. The number of aliphatic hydroxyl groups is 2. The van der Waals surface area contributed by atoms with Gasteiger partial charge in [0.2, 0.25) is 0 Å². The highest BCUT2D eigenvalue weighted by molar-refractivity contribution is 5.89. The van der Waals surface area contributed by atoms with Crippen LogP contribution in [-0.4, -0.2) is 63.8 Å². The average Bonchev–Trinajstić information content (AvgIpc) is 3.32. The molecule has 1 saturated heterocycles. The van der Waals surface area contributed by atoms with E-state index >= 15 is 0 Å². The number of nitrogen functional groups attached to an aromatic ring is 1. The van der Waals surface area contributed by atoms with Crippen molar-refractivity contribution in [1.82, 2.24) is 10.3 Å². The maximum atomic E-state index is 14.3. The van der Waals surface area contributed by atoms with Gasteiger partial charge in [0.05, 0.1) is 19.3 Å². The Morgan fingerprint density at radius 3 is 2.61 bits per heavy atom. The van der Waals surface area contributed by atoms with Crippen LogP contribution in [0.2, 0.25) is 0 Å². The van der Waals surface area contributed by atoms with Gasteiger partial charge >= 0.3 is 0 Å². The number of piperidine rings is 1. The Balaban J connectivity index is 1.01. The van der Waals surface area contributed by atoms with Crippen LogP contribution in [0.25, 0.3) is 10.8 Å². The molecule has 3 aromatic carbocycles. The zero-order valence-corrected chi connectivity index (χ0v) is 35.9. The molecule has 4 aliphatic rings. The number of aromatic nitrogens is 1. The maximum Gasteiger partial charge on any atom is 0.160 e. The third-order valence-corrected chi connectivity index (χ3v) is 14.8. The van der Waals surface area contributed by atoms with Crippen LogP contribution in [0.3, 0.4) is 0 Å². The van der Waals surface area contributed by atoms with E-state index in [0.717, 1.165) is 83.7 Å². The highest BCUT2D eigenvalue weighted by atomic mass is 16.5. The van der Waals surface area contributed by atoms with E-state index in [-0.39, 0.29) is 23.9 Å². The first-order valence-corrected chi connectivity index (χ1v) is 22.8. The Bertz CT molecular complexity index is 2300. The number of benzene rings is 3. The van der Waals surface area contributed by atoms with Gasteiger partial charge in [0.25, 0.3) is 0 Å². The average molecular weight is 826 g/mol. The first-order chi connectivity index (χ1) is 29.5. The number of rotatable bonds is 12. The maximum absolute atomic E-state index is 14.3. The van der Waals surface area contributed by atoms with Gasteiger partial charge in [-0.2, -0.15) is 0 Å². The fraction of sp³-hybridized carbons (Fsp3) is 0.519. The topological polar surface area (TPSA) is 155 Å². The van der Waals surface area contributed by atoms with Gasteiger partial charge in [0, 0.05) is 43.3 Å². The molecule has 1 aliphatic heterocycles. The van der Waals surface area contributed by atoms with Crippen molar-refractivity contribution in [3.8, 4) is 23.3 Å². The molecule has 9 heteroatoms. The predicted molar refractivity (Wildman–Crippen MR) is 239 cm³/mol. The second kappa shape index (κ2) is 18.7. The third-order valence-electron chi connectivity index (χ3n) is 14.8. The third kappa shape index (κ3) is 9.38. The Labute approximate surface area is 360 Å². The summed E-state index contributed by atoms with van der Waals surface area (Å²) in [4.78, 5) is 30.7. The monoisotopic (exact) mass is 825 g/mol. The first-order valence-electron chi connectivity index (χ1n) is 22.8. The molecule has 2 heterocycles. The van der Waals surface area contributed by atoms with Crippen LogP contribution in [-0.2, 0) is 22.4 Å². The standard InChI is InChI=1S/C52H63N3O6/c1-3-34-31-55-51(53)29-45(34)44(38-11-10-35-6-4-5-7-37(35)24-38)26-41(56)15-12-36-19-21-52(49(59)17-14-39-25-48(61-2)47(58)28-43(36)39)20-18-32(23-50(52)60)8-9-33-22-40-13-16-42(57)27-46(40)54-30-33/h4-7,10-11,24-25,28-29,31-33,36,40-41,44,46,50,54,56,58,60H,3,8-9,12-18,20,22-23,26-27,30H2,1-2H3,(H2,53,55)/t32-,33-,36-,40+,41+,44+,46+,50+,52-/m0/s1. The van der Waals surface area contributed by atoms with E-state index in [0.29, 0.717) is 92.5 Å². The molecule has 8 rings (SSSR count). The number of aromatic hydroxyl groups is 1. The second-order valence-corrected chi connectivity index (χ2v) is 18.6. The normalized spacial score (nSPS) is 27.5. The van der Waals surface area contributed by atoms with Crippen molar-refractivity contribution in [3.63, 3.8) is 0 Å². The minimum absolute atomic E-state index is 0.00818. The molecule has 61 heavy (non-hydrogen) atoms. The minimum Gasteiger partial charge on any atom is -0.504 e. The van der Waals surface area contributed by atoms with Crippen LogP contribution in [0.5, 0.6) is 11.5 Å². The summed E-state index contributed by atoms with van der Waals surface area (Å²) in [7, 11) is 1.52. The van der Waals surface area contributed by atoms with Gasteiger partial charge in [-0.1, -0.05) is 67.6 Å². The number of aliphatic hydroxyl groups excluding tert-OH is 2. The second-order valence-electron chi connectivity index (χ2n) is 18.6. The van der Waals surface area contributed by atoms with E-state index < -0.39 is 23.5 Å². The molecule has 6 N–H and O–H groups in total. The van der Waals surface area contributed by atoms with Crippen molar-refractivity contribution in [1.29, 1.82) is 0 Å². The summed E-state index contributed by atoms with van der Waals surface area (Å²) in [6.45, 7) is 3.05. The van der Waals surface area contributed by atoms with E-state index in [2.05, 4.69) is 59.4 Å². The molecule has 2 saturated carbocycles. The molecular formula is C52H63N3O6. The fourth-order valence-corrected chi connectivity index (χ4v) is 11.2. The van der Waals surface area contributed by atoms with Gasteiger partial charge in [-0.25, -0.2) is 4.98 Å². The largest absolute Gasteiger partial charge is 0.504 e. The molecule has 3 aliphatic carbocycles. The zero-order chi connectivity index (χ0) is 42.7. The lowest BCUT2D eigenvalue weighted by molar-refractivity contribution is -0.134. The summed E-state index contributed by atoms with van der Waals surface area (Å²) >= 11 is 0. The molecule has 0 bridgehead atoms. The molecule has 9 atom stereocenters. The van der Waals surface area contributed by atoms with Gasteiger partial charge in [-0.3, -0.25) is 9.59 Å². The number of nitrogens with zero attached hydrogens (tertiary/aromatic N) is 1. The van der Waals surface area contributed by atoms with Crippen LogP contribution in [0.4, 0.5) is 5.82 Å². The number of pyridine rings is 1. The Morgan fingerprint density at radius 1 is 0.984 bits per heavy atom. The number of anilines is 1. The van der Waals surface area contributed by atoms with Crippen LogP contribution in [0.15, 0.2) is 66.9 Å². The number of aryl methyl sites for hydroxylation is 2. The summed E-state index contributed by atoms with van der Waals surface area (Å²) in [6, 6.07) is 20.6. The smallest absolute Gasteiger partial charge is 0.160 e. The SMILES string of the molecule is CCc1cnc(N)cc1[C@H](C[C@H](O)CC[C@H]1C#C[C@@]2(CC[C@H](CC[C@@H]3CN[C@@H]4CC(=O)CC[C@@H]4C3)C[C@H]2O)C(=O)CCc2cc(OC)c(O)cc21)c1ccc2ccccc2c1. The number of phenols is 1. The van der Waals surface area contributed by atoms with Crippen molar-refractivity contribution in [3.05, 3.63) is 94.7 Å². The van der Waals surface area contributed by atoms with Crippen LogP contribution in [0.1, 0.15) is 130 Å². The number of carbonyl (C=O) groups excluding carboxylic acids is 2. The molecule has 4 aromatic rings. The quantitative estimate of drug-likeness (QED) is 0.0888. The van der Waals surface area contributed by atoms with Gasteiger partial charge < -0.3 is 31.1 Å². The lowest BCUT2D eigenvalue weighted by Crippen LogP contribution is -2.49. The Kier molecular flexibility index (Phi) is 13.2. The summed E-state index contributed by atoms with van der Waals surface area (Å²) in [5, 5.41) is 40.9. The lowest BCUT2D eigenvalue weighted by atomic mass is 9.64. The van der Waals surface area contributed by atoms with Crippen LogP contribution in [0, 0.1) is 35.0 Å². The number of ketones is 2. The van der Waals surface area contributed by atoms with Gasteiger partial charge in [-0.15, -0.1) is 0 Å². The van der Waals surface area contributed by atoms with E-state index in [1.165, 1.54) is 7.11 Å². The lowest BCUT2D eigenvalue weighted by Gasteiger charge is -2.42. The van der Waals surface area contributed by atoms with E-state index in [1.54, 1.807) is 6.07 Å². The number of fused-ring (bicyclic) bond motifs is 3. The van der Waals surface area contributed by atoms with Crippen LogP contribution >= 0.6 is 0 Å². The molecule has 1 spiro atoms. The minimum atomic E-state index is -1.16. The zero-order valence-electron chi connectivity index (χ0n) is 35.9. The Morgan fingerprint density at radius 2 is 1.80 bits per heavy atom. The molecule has 9 nitrogen and oxygen atoms in total. The van der Waals surface area contributed by atoms with Gasteiger partial charge in [-0.05, 0) is 152 Å². The van der Waals surface area contributed by atoms with E-state index in [9.17, 15) is 24.9 Å². The number of carbonyl (C=O) groups is 2. The van der Waals surface area contributed by atoms with Gasteiger partial charge in [0.15, 0.2) is 17.3 Å². The fourth-order valence-electron chi connectivity index (χ4n) is 11.2. The van der Waals surface area contributed by atoms with Gasteiger partial charge in [0.1, 0.15) is 17.0 Å². The molecule has 0 amide bonds. The number of methoxy groups -OCH3 is 1. The highest BCUT2D eigenvalue weighted by Crippen LogP contribution is 2.46. The highest BCUT2D eigenvalue weighted by Gasteiger charge is 2.47. The number of hydrogen-bond donors (Lipinski definition) is 5. The summed E-state index contributed by atoms with van der Waals surface area (Å²) < 4.78 is 5.51. The summed E-state index contributed by atoms with van der Waals surface area (Å²) in [5.74, 6) is 9.00. The summed E-state index contributed by atoms with van der Waals surface area (Å²) in [5.41, 5.74) is 10.1. The van der Waals surface area contributed by atoms with Crippen molar-refractivity contribution in [2.45, 2.75) is 133 Å². The first kappa shape index (κ1) is 42.9.